The van der Waals surface area contributed by atoms with Gasteiger partial charge in [-0.25, -0.2) is 9.59 Å². The van der Waals surface area contributed by atoms with E-state index in [1.807, 2.05) is 0 Å². The Bertz CT molecular complexity index is 881. The van der Waals surface area contributed by atoms with Crippen LogP contribution in [-0.4, -0.2) is 68.3 Å². The standard InChI is InChI=1S/C22H30O9/c1-10(2)7-16(25)29-15-9-20(5,31-12(4)23)13-8-14(24)11(3)17(13)18-22(15,28)21(6,27)19(26)30-18/h7,13-15,18,24,27-28H,8-9H2,1-6H3. The Morgan fingerprint density at radius 3 is 2.35 bits per heavy atom. The average molecular weight is 438 g/mol. The fourth-order valence-electron chi connectivity index (χ4n) is 5.12. The normalized spacial score (nSPS) is 41.6. The molecule has 0 bridgehead atoms. The number of fused-ring (bicyclic) bond motifs is 3. The molecule has 2 aliphatic carbocycles. The lowest BCUT2D eigenvalue weighted by Gasteiger charge is -2.40. The first-order chi connectivity index (χ1) is 14.1. The summed E-state index contributed by atoms with van der Waals surface area (Å²) in [4.78, 5) is 37.0. The lowest BCUT2D eigenvalue weighted by Crippen LogP contribution is -2.64. The number of aliphatic hydroxyl groups is 3. The van der Waals surface area contributed by atoms with Crippen molar-refractivity contribution in [2.24, 2.45) is 5.92 Å². The molecule has 1 saturated heterocycles. The molecule has 7 unspecified atom stereocenters. The van der Waals surface area contributed by atoms with E-state index >= 15 is 0 Å². The molecule has 0 aromatic rings. The highest BCUT2D eigenvalue weighted by atomic mass is 16.6. The molecule has 9 heteroatoms. The largest absolute Gasteiger partial charge is 0.459 e. The Labute approximate surface area is 180 Å². The van der Waals surface area contributed by atoms with E-state index < -0.39 is 58.9 Å². The SMILES string of the molecule is CC(=O)OC1(C)CC(OC(=O)C=C(C)C)C2(O)C(OC(=O)C2(C)O)C2=C(C)C(O)CC21. The zero-order valence-corrected chi connectivity index (χ0v) is 18.6. The third-order valence-electron chi connectivity index (χ3n) is 6.73. The second-order valence-corrected chi connectivity index (χ2v) is 9.38. The third-order valence-corrected chi connectivity index (χ3v) is 6.73. The van der Waals surface area contributed by atoms with Crippen molar-refractivity contribution < 1.29 is 43.9 Å². The van der Waals surface area contributed by atoms with Gasteiger partial charge in [0.2, 0.25) is 0 Å². The maximum Gasteiger partial charge on any atom is 0.341 e. The quantitative estimate of drug-likeness (QED) is 0.251. The van der Waals surface area contributed by atoms with Gasteiger partial charge < -0.3 is 29.5 Å². The molecule has 0 amide bonds. The molecular formula is C22H30O9. The van der Waals surface area contributed by atoms with E-state index in [1.54, 1.807) is 27.7 Å². The number of carbonyl (C=O) groups excluding carboxylic acids is 3. The van der Waals surface area contributed by atoms with Crippen LogP contribution in [0.3, 0.4) is 0 Å². The van der Waals surface area contributed by atoms with E-state index in [2.05, 4.69) is 0 Å². The summed E-state index contributed by atoms with van der Waals surface area (Å²) in [6.07, 6.45) is -2.59. The Hall–Kier alpha value is -2.23. The Morgan fingerprint density at radius 1 is 1.19 bits per heavy atom. The number of hydrogen-bond donors (Lipinski definition) is 3. The second-order valence-electron chi connectivity index (χ2n) is 9.38. The number of carbonyl (C=O) groups is 3. The van der Waals surface area contributed by atoms with E-state index in [-0.39, 0.29) is 12.8 Å². The van der Waals surface area contributed by atoms with Crippen LogP contribution in [-0.2, 0) is 28.6 Å². The highest BCUT2D eigenvalue weighted by Crippen LogP contribution is 2.56. The molecule has 1 saturated carbocycles. The number of allylic oxidation sites excluding steroid dienone is 1. The first-order valence-electron chi connectivity index (χ1n) is 10.2. The van der Waals surface area contributed by atoms with Crippen LogP contribution in [0.25, 0.3) is 0 Å². The van der Waals surface area contributed by atoms with Crippen LogP contribution in [0.1, 0.15) is 54.4 Å². The van der Waals surface area contributed by atoms with E-state index in [4.69, 9.17) is 14.2 Å². The molecule has 1 aliphatic heterocycles. The van der Waals surface area contributed by atoms with Crippen LogP contribution in [0.4, 0.5) is 0 Å². The molecule has 172 valence electrons. The Morgan fingerprint density at radius 2 is 1.81 bits per heavy atom. The minimum absolute atomic E-state index is 0.159. The molecule has 7 atom stereocenters. The van der Waals surface area contributed by atoms with Crippen LogP contribution >= 0.6 is 0 Å². The van der Waals surface area contributed by atoms with Crippen molar-refractivity contribution in [1.82, 2.24) is 0 Å². The monoisotopic (exact) mass is 438 g/mol. The summed E-state index contributed by atoms with van der Waals surface area (Å²) in [6.45, 7) is 8.95. The van der Waals surface area contributed by atoms with Gasteiger partial charge in [-0.05, 0) is 52.2 Å². The molecule has 31 heavy (non-hydrogen) atoms. The summed E-state index contributed by atoms with van der Waals surface area (Å²) in [5.41, 5.74) is -4.63. The fraction of sp³-hybridized carbons (Fsp3) is 0.682. The third kappa shape index (κ3) is 3.48. The van der Waals surface area contributed by atoms with E-state index in [0.717, 1.165) is 6.92 Å². The van der Waals surface area contributed by atoms with Gasteiger partial charge in [-0.15, -0.1) is 0 Å². The maximum absolute atomic E-state index is 12.5. The molecule has 1 heterocycles. The predicted molar refractivity (Wildman–Crippen MR) is 106 cm³/mol. The highest BCUT2D eigenvalue weighted by Gasteiger charge is 2.74. The number of rotatable bonds is 3. The molecule has 3 rings (SSSR count). The number of esters is 3. The number of aliphatic hydroxyl groups excluding tert-OH is 1. The van der Waals surface area contributed by atoms with Crippen LogP contribution in [0, 0.1) is 5.92 Å². The molecule has 3 N–H and O–H groups in total. The first kappa shape index (κ1) is 23.4. The van der Waals surface area contributed by atoms with Gasteiger partial charge in [0.25, 0.3) is 0 Å². The molecular weight excluding hydrogens is 408 g/mol. The number of ether oxygens (including phenoxy) is 3. The van der Waals surface area contributed by atoms with Gasteiger partial charge in [0.15, 0.2) is 17.3 Å². The molecule has 0 aromatic carbocycles. The maximum atomic E-state index is 12.5. The van der Waals surface area contributed by atoms with Gasteiger partial charge >= 0.3 is 17.9 Å². The summed E-state index contributed by atoms with van der Waals surface area (Å²) in [5, 5.41) is 33.3. The minimum atomic E-state index is -2.42. The van der Waals surface area contributed by atoms with Crippen molar-refractivity contribution in [2.75, 3.05) is 0 Å². The summed E-state index contributed by atoms with van der Waals surface area (Å²) in [7, 11) is 0. The Balaban J connectivity index is 2.23. The summed E-state index contributed by atoms with van der Waals surface area (Å²) in [5.74, 6) is -3.08. The van der Waals surface area contributed by atoms with Gasteiger partial charge in [-0.2, -0.15) is 0 Å². The van der Waals surface area contributed by atoms with Crippen molar-refractivity contribution in [3.05, 3.63) is 22.8 Å². The molecule has 0 aromatic heterocycles. The molecule has 2 fully saturated rings. The van der Waals surface area contributed by atoms with Crippen LogP contribution < -0.4 is 0 Å². The highest BCUT2D eigenvalue weighted by molar-refractivity contribution is 5.86. The van der Waals surface area contributed by atoms with Crippen molar-refractivity contribution >= 4 is 17.9 Å². The fourth-order valence-corrected chi connectivity index (χ4v) is 5.12. The zero-order chi connectivity index (χ0) is 23.5. The van der Waals surface area contributed by atoms with Crippen LogP contribution in [0.5, 0.6) is 0 Å². The van der Waals surface area contributed by atoms with Crippen LogP contribution in [0.15, 0.2) is 22.8 Å². The van der Waals surface area contributed by atoms with Gasteiger partial charge in [-0.3, -0.25) is 4.79 Å². The molecule has 0 spiro atoms. The molecule has 9 nitrogen and oxygen atoms in total. The van der Waals surface area contributed by atoms with Crippen molar-refractivity contribution in [2.45, 2.75) is 89.5 Å². The van der Waals surface area contributed by atoms with Gasteiger partial charge in [0, 0.05) is 25.3 Å². The lowest BCUT2D eigenvalue weighted by atomic mass is 9.75. The molecule has 3 aliphatic rings. The van der Waals surface area contributed by atoms with Crippen molar-refractivity contribution in [3.8, 4) is 0 Å². The Kier molecular flexibility index (Phi) is 5.61. The van der Waals surface area contributed by atoms with Gasteiger partial charge in [0.1, 0.15) is 11.7 Å². The summed E-state index contributed by atoms with van der Waals surface area (Å²) >= 11 is 0. The zero-order valence-electron chi connectivity index (χ0n) is 18.6. The minimum Gasteiger partial charge on any atom is -0.459 e. The summed E-state index contributed by atoms with van der Waals surface area (Å²) in [6, 6.07) is 0. The van der Waals surface area contributed by atoms with E-state index in [1.165, 1.54) is 13.0 Å². The smallest absolute Gasteiger partial charge is 0.341 e. The van der Waals surface area contributed by atoms with Crippen LogP contribution in [0.2, 0.25) is 0 Å². The molecule has 0 radical (unpaired) electrons. The van der Waals surface area contributed by atoms with Crippen molar-refractivity contribution in [3.63, 3.8) is 0 Å². The number of hydrogen-bond acceptors (Lipinski definition) is 9. The predicted octanol–water partition coefficient (Wildman–Crippen LogP) is 0.695. The van der Waals surface area contributed by atoms with E-state index in [0.29, 0.717) is 16.7 Å². The van der Waals surface area contributed by atoms with Crippen molar-refractivity contribution in [1.29, 1.82) is 0 Å². The first-order valence-corrected chi connectivity index (χ1v) is 10.2. The lowest BCUT2D eigenvalue weighted by molar-refractivity contribution is -0.207. The second kappa shape index (κ2) is 7.43. The summed E-state index contributed by atoms with van der Waals surface area (Å²) < 4.78 is 16.6. The van der Waals surface area contributed by atoms with Gasteiger partial charge in [0.05, 0.1) is 6.10 Å². The van der Waals surface area contributed by atoms with E-state index in [9.17, 15) is 29.7 Å². The topological polar surface area (TPSA) is 140 Å². The average Bonchev–Trinajstić information content (AvgIpc) is 2.97. The van der Waals surface area contributed by atoms with Gasteiger partial charge in [-0.1, -0.05) is 5.57 Å².